The van der Waals surface area contributed by atoms with Gasteiger partial charge >= 0.3 is 0 Å². The summed E-state index contributed by atoms with van der Waals surface area (Å²) in [5, 5.41) is 2.56. The number of likely N-dealkylation sites (N-methyl/N-ethyl adjacent to an activating group) is 1. The molecular formula is C18H20N4O3S. The number of likely N-dealkylation sites (tertiary alicyclic amines) is 1. The number of carbonyl (C=O) groups is 2. The Balaban J connectivity index is 1.72. The molecule has 8 heteroatoms. The Labute approximate surface area is 155 Å². The van der Waals surface area contributed by atoms with E-state index in [4.69, 9.17) is 0 Å². The van der Waals surface area contributed by atoms with Crippen molar-refractivity contribution in [2.24, 2.45) is 0 Å². The van der Waals surface area contributed by atoms with Gasteiger partial charge < -0.3 is 15.2 Å². The summed E-state index contributed by atoms with van der Waals surface area (Å²) in [7, 11) is 1.54. The lowest BCUT2D eigenvalue weighted by molar-refractivity contribution is -0.124. The molecule has 136 valence electrons. The van der Waals surface area contributed by atoms with Crippen molar-refractivity contribution in [3.8, 4) is 0 Å². The molecule has 0 saturated carbocycles. The lowest BCUT2D eigenvalue weighted by Gasteiger charge is -2.22. The molecule has 2 heterocycles. The lowest BCUT2D eigenvalue weighted by Crippen LogP contribution is -2.46. The first-order valence-electron chi connectivity index (χ1n) is 8.38. The van der Waals surface area contributed by atoms with Gasteiger partial charge in [0.1, 0.15) is 17.4 Å². The summed E-state index contributed by atoms with van der Waals surface area (Å²) in [4.78, 5) is 46.3. The predicted octanol–water partition coefficient (Wildman–Crippen LogP) is 1.41. The Morgan fingerprint density at radius 2 is 2.12 bits per heavy atom. The van der Waals surface area contributed by atoms with Crippen molar-refractivity contribution in [3.05, 3.63) is 58.3 Å². The second kappa shape index (κ2) is 8.18. The Kier molecular flexibility index (Phi) is 5.72. The van der Waals surface area contributed by atoms with Gasteiger partial charge in [0.2, 0.25) is 5.91 Å². The summed E-state index contributed by atoms with van der Waals surface area (Å²) < 4.78 is 0. The first kappa shape index (κ1) is 18.2. The van der Waals surface area contributed by atoms with E-state index in [1.54, 1.807) is 11.8 Å². The van der Waals surface area contributed by atoms with Crippen LogP contribution in [0.5, 0.6) is 0 Å². The first-order chi connectivity index (χ1) is 12.6. The van der Waals surface area contributed by atoms with Gasteiger partial charge in [0.25, 0.3) is 11.5 Å². The van der Waals surface area contributed by atoms with E-state index in [0.717, 1.165) is 11.3 Å². The molecule has 1 aliphatic heterocycles. The molecular weight excluding hydrogens is 352 g/mol. The lowest BCUT2D eigenvalue weighted by atomic mass is 10.2. The van der Waals surface area contributed by atoms with E-state index in [1.165, 1.54) is 18.1 Å². The average molecular weight is 372 g/mol. The minimum absolute atomic E-state index is 0.0331. The smallest absolute Gasteiger partial charge is 0.263 e. The van der Waals surface area contributed by atoms with Crippen molar-refractivity contribution in [1.29, 1.82) is 0 Å². The molecule has 1 aromatic heterocycles. The van der Waals surface area contributed by atoms with Crippen LogP contribution in [-0.2, 0) is 10.5 Å². The number of aromatic amines is 1. The van der Waals surface area contributed by atoms with Crippen LogP contribution in [0.2, 0.25) is 0 Å². The van der Waals surface area contributed by atoms with Crippen LogP contribution in [0.1, 0.15) is 29.0 Å². The number of benzene rings is 1. The van der Waals surface area contributed by atoms with E-state index in [-0.39, 0.29) is 11.5 Å². The number of hydrogen-bond donors (Lipinski definition) is 2. The van der Waals surface area contributed by atoms with E-state index in [9.17, 15) is 14.4 Å². The number of H-pyrrole nitrogens is 1. The van der Waals surface area contributed by atoms with Crippen molar-refractivity contribution < 1.29 is 9.59 Å². The molecule has 2 amide bonds. The number of thioether (sulfide) groups is 1. The van der Waals surface area contributed by atoms with Crippen LogP contribution in [0.25, 0.3) is 0 Å². The van der Waals surface area contributed by atoms with Gasteiger partial charge in [0, 0.05) is 24.7 Å². The van der Waals surface area contributed by atoms with Gasteiger partial charge in [-0.3, -0.25) is 14.4 Å². The second-order valence-electron chi connectivity index (χ2n) is 5.95. The minimum Gasteiger partial charge on any atom is -0.357 e. The van der Waals surface area contributed by atoms with Crippen molar-refractivity contribution >= 4 is 23.6 Å². The zero-order chi connectivity index (χ0) is 18.5. The number of carbonyl (C=O) groups excluding carboxylic acids is 2. The van der Waals surface area contributed by atoms with E-state index < -0.39 is 17.5 Å². The van der Waals surface area contributed by atoms with E-state index in [0.29, 0.717) is 24.5 Å². The predicted molar refractivity (Wildman–Crippen MR) is 99.0 cm³/mol. The normalized spacial score (nSPS) is 16.5. The molecule has 3 rings (SSSR count). The highest BCUT2D eigenvalue weighted by Gasteiger charge is 2.35. The molecule has 1 unspecified atom stereocenters. The summed E-state index contributed by atoms with van der Waals surface area (Å²) in [6, 6.07) is 9.26. The molecule has 2 aromatic rings. The summed E-state index contributed by atoms with van der Waals surface area (Å²) in [5.41, 5.74) is -0.509. The van der Waals surface area contributed by atoms with Gasteiger partial charge in [0.05, 0.1) is 5.75 Å². The highest BCUT2D eigenvalue weighted by atomic mass is 32.2. The van der Waals surface area contributed by atoms with E-state index in [1.807, 2.05) is 30.3 Å². The topological polar surface area (TPSA) is 95.2 Å². The van der Waals surface area contributed by atoms with Gasteiger partial charge in [-0.05, 0) is 25.0 Å². The SMILES string of the molecule is CNC(=O)C1CCCN1C(=O)c1cnc(CSc2ccccc2)[nH]c1=O. The number of hydrogen-bond acceptors (Lipinski definition) is 5. The zero-order valence-corrected chi connectivity index (χ0v) is 15.2. The van der Waals surface area contributed by atoms with Crippen LogP contribution >= 0.6 is 11.8 Å². The van der Waals surface area contributed by atoms with Crippen LogP contribution in [0.15, 0.2) is 46.2 Å². The van der Waals surface area contributed by atoms with Crippen molar-refractivity contribution in [2.45, 2.75) is 29.5 Å². The Hall–Kier alpha value is -2.61. The van der Waals surface area contributed by atoms with Crippen molar-refractivity contribution in [1.82, 2.24) is 20.2 Å². The maximum absolute atomic E-state index is 12.7. The summed E-state index contributed by atoms with van der Waals surface area (Å²) in [6.45, 7) is 0.460. The van der Waals surface area contributed by atoms with Gasteiger partial charge in [0.15, 0.2) is 0 Å². The molecule has 1 aromatic carbocycles. The Bertz CT molecular complexity index is 853. The summed E-state index contributed by atoms with van der Waals surface area (Å²) >= 11 is 1.55. The standard InChI is InChI=1S/C18H20N4O3S/c1-19-17(24)14-8-5-9-22(14)18(25)13-10-20-15(21-16(13)23)11-26-12-6-3-2-4-7-12/h2-4,6-7,10,14H,5,8-9,11H2,1H3,(H,19,24)(H,20,21,23). The van der Waals surface area contributed by atoms with Crippen LogP contribution in [0, 0.1) is 0 Å². The van der Waals surface area contributed by atoms with Gasteiger partial charge in [-0.2, -0.15) is 0 Å². The van der Waals surface area contributed by atoms with Gasteiger partial charge in [-0.15, -0.1) is 11.8 Å². The molecule has 0 bridgehead atoms. The maximum atomic E-state index is 12.7. The van der Waals surface area contributed by atoms with E-state index >= 15 is 0 Å². The molecule has 1 atom stereocenters. The van der Waals surface area contributed by atoms with Crippen LogP contribution in [-0.4, -0.2) is 46.3 Å². The molecule has 2 N–H and O–H groups in total. The fourth-order valence-electron chi connectivity index (χ4n) is 2.93. The van der Waals surface area contributed by atoms with Crippen LogP contribution < -0.4 is 10.9 Å². The average Bonchev–Trinajstić information content (AvgIpc) is 3.16. The Morgan fingerprint density at radius 1 is 1.35 bits per heavy atom. The summed E-state index contributed by atoms with van der Waals surface area (Å²) in [6.07, 6.45) is 2.64. The number of rotatable bonds is 5. The highest BCUT2D eigenvalue weighted by Crippen LogP contribution is 2.21. The first-order valence-corrected chi connectivity index (χ1v) is 9.37. The van der Waals surface area contributed by atoms with Gasteiger partial charge in [-0.1, -0.05) is 18.2 Å². The third kappa shape index (κ3) is 3.96. The monoisotopic (exact) mass is 372 g/mol. The highest BCUT2D eigenvalue weighted by molar-refractivity contribution is 7.98. The second-order valence-corrected chi connectivity index (χ2v) is 6.99. The summed E-state index contributed by atoms with van der Waals surface area (Å²) in [5.74, 6) is 0.339. The number of amides is 2. The Morgan fingerprint density at radius 3 is 2.81 bits per heavy atom. The fraction of sp³-hybridized carbons (Fsp3) is 0.333. The van der Waals surface area contributed by atoms with Gasteiger partial charge in [-0.25, -0.2) is 4.98 Å². The molecule has 1 saturated heterocycles. The zero-order valence-electron chi connectivity index (χ0n) is 14.4. The maximum Gasteiger partial charge on any atom is 0.263 e. The number of nitrogens with zero attached hydrogens (tertiary/aromatic N) is 2. The molecule has 7 nitrogen and oxygen atoms in total. The third-order valence-corrected chi connectivity index (χ3v) is 5.29. The van der Waals surface area contributed by atoms with Crippen molar-refractivity contribution in [3.63, 3.8) is 0 Å². The largest absolute Gasteiger partial charge is 0.357 e. The molecule has 1 aliphatic rings. The molecule has 1 fully saturated rings. The number of nitrogens with one attached hydrogen (secondary N) is 2. The number of aromatic nitrogens is 2. The van der Waals surface area contributed by atoms with E-state index in [2.05, 4.69) is 15.3 Å². The third-order valence-electron chi connectivity index (χ3n) is 4.26. The quantitative estimate of drug-likeness (QED) is 0.774. The van der Waals surface area contributed by atoms with Crippen molar-refractivity contribution in [2.75, 3.05) is 13.6 Å². The van der Waals surface area contributed by atoms with Crippen LogP contribution in [0.3, 0.4) is 0 Å². The minimum atomic E-state index is -0.528. The fourth-order valence-corrected chi connectivity index (χ4v) is 3.73. The molecule has 0 radical (unpaired) electrons. The molecule has 0 aliphatic carbocycles. The molecule has 26 heavy (non-hydrogen) atoms. The van der Waals surface area contributed by atoms with Crippen LogP contribution in [0.4, 0.5) is 0 Å². The molecule has 0 spiro atoms.